The van der Waals surface area contributed by atoms with E-state index in [0.29, 0.717) is 43.4 Å². The summed E-state index contributed by atoms with van der Waals surface area (Å²) in [6, 6.07) is 2.05. The van der Waals surface area contributed by atoms with Crippen LogP contribution in [0.3, 0.4) is 0 Å². The van der Waals surface area contributed by atoms with Crippen molar-refractivity contribution in [2.24, 2.45) is 0 Å². The van der Waals surface area contributed by atoms with Crippen molar-refractivity contribution in [3.63, 3.8) is 0 Å². The van der Waals surface area contributed by atoms with E-state index >= 15 is 0 Å². The molecular weight excluding hydrogens is 340 g/mol. The lowest BCUT2D eigenvalue weighted by atomic mass is 9.96. The second-order valence-electron chi connectivity index (χ2n) is 6.13. The molecule has 1 aliphatic carbocycles. The zero-order valence-electron chi connectivity index (χ0n) is 14.3. The zero-order valence-corrected chi connectivity index (χ0v) is 15.2. The Morgan fingerprint density at radius 3 is 2.56 bits per heavy atom. The van der Waals surface area contributed by atoms with Crippen molar-refractivity contribution in [3.8, 4) is 6.07 Å². The molecule has 0 unspecified atom stereocenters. The number of carbonyl (C=O) groups excluding carboxylic acids is 2. The Morgan fingerprint density at radius 2 is 1.88 bits per heavy atom. The molecule has 2 heterocycles. The van der Waals surface area contributed by atoms with Gasteiger partial charge < -0.3 is 14.5 Å². The summed E-state index contributed by atoms with van der Waals surface area (Å²) in [5.74, 6) is 0. The van der Waals surface area contributed by atoms with E-state index in [2.05, 4.69) is 11.4 Å². The molecule has 0 saturated carbocycles. The Hall–Kier alpha value is -2.27. The van der Waals surface area contributed by atoms with Gasteiger partial charge in [0.1, 0.15) is 11.1 Å². The molecular formula is C17H22N4O3S. The predicted molar refractivity (Wildman–Crippen MR) is 94.9 cm³/mol. The van der Waals surface area contributed by atoms with E-state index in [-0.39, 0.29) is 12.1 Å². The van der Waals surface area contributed by atoms with Gasteiger partial charge >= 0.3 is 12.1 Å². The van der Waals surface area contributed by atoms with Crippen molar-refractivity contribution < 1.29 is 14.3 Å². The Bertz CT molecular complexity index is 701. The number of piperazine rings is 1. The lowest BCUT2D eigenvalue weighted by Crippen LogP contribution is -2.51. The number of thiophene rings is 1. The number of hydrogen-bond donors (Lipinski definition) is 1. The minimum absolute atomic E-state index is 0.210. The average molecular weight is 362 g/mol. The normalized spacial score (nSPS) is 16.8. The van der Waals surface area contributed by atoms with Crippen LogP contribution in [0.2, 0.25) is 0 Å². The lowest BCUT2D eigenvalue weighted by molar-refractivity contribution is 0.0869. The number of anilines is 1. The number of rotatable bonds is 2. The molecule has 1 aromatic heterocycles. The molecule has 0 atom stereocenters. The van der Waals surface area contributed by atoms with Crippen LogP contribution in [-0.2, 0) is 17.6 Å². The van der Waals surface area contributed by atoms with E-state index in [1.807, 2.05) is 0 Å². The molecule has 25 heavy (non-hydrogen) atoms. The van der Waals surface area contributed by atoms with Gasteiger partial charge in [-0.2, -0.15) is 5.26 Å². The van der Waals surface area contributed by atoms with Gasteiger partial charge in [0.05, 0.1) is 12.2 Å². The van der Waals surface area contributed by atoms with Gasteiger partial charge in [0, 0.05) is 31.1 Å². The van der Waals surface area contributed by atoms with Crippen LogP contribution in [0.4, 0.5) is 14.6 Å². The SMILES string of the molecule is CCOC(=O)N1CCN(C(=O)Nc2sc3c(c2C#N)CCCC3)CC1. The lowest BCUT2D eigenvalue weighted by Gasteiger charge is -2.33. The minimum Gasteiger partial charge on any atom is -0.450 e. The number of hydrogen-bond acceptors (Lipinski definition) is 5. The standard InChI is InChI=1S/C17H22N4O3S/c1-2-24-17(23)21-9-7-20(8-10-21)16(22)19-15-13(11-18)12-5-3-4-6-14(12)25-15/h2-10H2,1H3,(H,19,22). The maximum absolute atomic E-state index is 12.5. The number of carbonyl (C=O) groups is 2. The molecule has 1 aliphatic heterocycles. The molecule has 7 nitrogen and oxygen atoms in total. The van der Waals surface area contributed by atoms with E-state index in [1.54, 1.807) is 16.7 Å². The first-order valence-corrected chi connectivity index (χ1v) is 9.48. The molecule has 0 spiro atoms. The Morgan fingerprint density at radius 1 is 1.20 bits per heavy atom. The maximum Gasteiger partial charge on any atom is 0.409 e. The second-order valence-corrected chi connectivity index (χ2v) is 7.24. The van der Waals surface area contributed by atoms with E-state index in [1.165, 1.54) is 16.2 Å². The zero-order chi connectivity index (χ0) is 17.8. The van der Waals surface area contributed by atoms with Gasteiger partial charge in [0.15, 0.2) is 0 Å². The van der Waals surface area contributed by atoms with Crippen molar-refractivity contribution in [1.29, 1.82) is 5.26 Å². The van der Waals surface area contributed by atoms with E-state index in [9.17, 15) is 14.9 Å². The van der Waals surface area contributed by atoms with Crippen molar-refractivity contribution >= 4 is 28.5 Å². The second kappa shape index (κ2) is 7.74. The number of urea groups is 1. The summed E-state index contributed by atoms with van der Waals surface area (Å²) in [6.07, 6.45) is 3.81. The summed E-state index contributed by atoms with van der Waals surface area (Å²) in [7, 11) is 0. The largest absolute Gasteiger partial charge is 0.450 e. The van der Waals surface area contributed by atoms with Gasteiger partial charge in [-0.1, -0.05) is 0 Å². The number of nitrogens with zero attached hydrogens (tertiary/aromatic N) is 3. The summed E-state index contributed by atoms with van der Waals surface area (Å²) in [6.45, 7) is 3.94. The van der Waals surface area contributed by atoms with Crippen LogP contribution in [0.5, 0.6) is 0 Å². The number of fused-ring (bicyclic) bond motifs is 1. The van der Waals surface area contributed by atoms with Crippen molar-refractivity contribution in [3.05, 3.63) is 16.0 Å². The van der Waals surface area contributed by atoms with Gasteiger partial charge in [0.25, 0.3) is 0 Å². The highest BCUT2D eigenvalue weighted by Gasteiger charge is 2.27. The molecule has 2 aliphatic rings. The van der Waals surface area contributed by atoms with Gasteiger partial charge in [-0.25, -0.2) is 9.59 Å². The van der Waals surface area contributed by atoms with Crippen molar-refractivity contribution in [1.82, 2.24) is 9.80 Å². The fraction of sp³-hybridized carbons (Fsp3) is 0.588. The highest BCUT2D eigenvalue weighted by molar-refractivity contribution is 7.16. The average Bonchev–Trinajstić information content (AvgIpc) is 2.99. The summed E-state index contributed by atoms with van der Waals surface area (Å²) in [4.78, 5) is 28.8. The molecule has 0 aromatic carbocycles. The molecule has 3 amide bonds. The van der Waals surface area contributed by atoms with Crippen LogP contribution >= 0.6 is 11.3 Å². The van der Waals surface area contributed by atoms with Crippen LogP contribution in [-0.4, -0.2) is 54.7 Å². The summed E-state index contributed by atoms with van der Waals surface area (Å²) < 4.78 is 4.98. The monoisotopic (exact) mass is 362 g/mol. The Balaban J connectivity index is 1.61. The van der Waals surface area contributed by atoms with Gasteiger partial charge in [-0.3, -0.25) is 5.32 Å². The molecule has 1 N–H and O–H groups in total. The fourth-order valence-electron chi connectivity index (χ4n) is 3.26. The Labute approximate surface area is 151 Å². The predicted octanol–water partition coefficient (Wildman–Crippen LogP) is 2.80. The van der Waals surface area contributed by atoms with Gasteiger partial charge in [-0.05, 0) is 38.2 Å². The van der Waals surface area contributed by atoms with Crippen LogP contribution in [0.25, 0.3) is 0 Å². The number of nitriles is 1. The summed E-state index contributed by atoms with van der Waals surface area (Å²) in [5, 5.41) is 13.0. The van der Waals surface area contributed by atoms with E-state index < -0.39 is 0 Å². The number of amides is 3. The number of ether oxygens (including phenoxy) is 1. The first-order valence-electron chi connectivity index (χ1n) is 8.66. The molecule has 134 valence electrons. The quantitative estimate of drug-likeness (QED) is 0.876. The first kappa shape index (κ1) is 17.5. The third-order valence-corrected chi connectivity index (χ3v) is 5.80. The molecule has 0 bridgehead atoms. The van der Waals surface area contributed by atoms with Crippen LogP contribution in [0, 0.1) is 11.3 Å². The number of nitrogens with one attached hydrogen (secondary N) is 1. The van der Waals surface area contributed by atoms with Crippen molar-refractivity contribution in [2.45, 2.75) is 32.6 Å². The molecule has 1 saturated heterocycles. The molecule has 1 fully saturated rings. The summed E-state index contributed by atoms with van der Waals surface area (Å²) >= 11 is 1.53. The highest BCUT2D eigenvalue weighted by atomic mass is 32.1. The first-order chi connectivity index (χ1) is 12.1. The van der Waals surface area contributed by atoms with Gasteiger partial charge in [-0.15, -0.1) is 11.3 Å². The van der Waals surface area contributed by atoms with Crippen LogP contribution in [0.1, 0.15) is 35.8 Å². The van der Waals surface area contributed by atoms with E-state index in [0.717, 1.165) is 31.2 Å². The smallest absolute Gasteiger partial charge is 0.409 e. The highest BCUT2D eigenvalue weighted by Crippen LogP contribution is 2.37. The van der Waals surface area contributed by atoms with E-state index in [4.69, 9.17) is 4.74 Å². The Kier molecular flexibility index (Phi) is 5.43. The van der Waals surface area contributed by atoms with Crippen LogP contribution < -0.4 is 5.32 Å². The number of aryl methyl sites for hydroxylation is 1. The molecule has 8 heteroatoms. The minimum atomic E-state index is -0.333. The summed E-state index contributed by atoms with van der Waals surface area (Å²) in [5.41, 5.74) is 1.74. The van der Waals surface area contributed by atoms with Gasteiger partial charge in [0.2, 0.25) is 0 Å². The van der Waals surface area contributed by atoms with Crippen LogP contribution in [0.15, 0.2) is 0 Å². The molecule has 1 aromatic rings. The maximum atomic E-state index is 12.5. The third-order valence-electron chi connectivity index (χ3n) is 4.60. The molecule has 0 radical (unpaired) electrons. The third kappa shape index (κ3) is 3.71. The topological polar surface area (TPSA) is 85.7 Å². The molecule has 3 rings (SSSR count). The fourth-order valence-corrected chi connectivity index (χ4v) is 4.48. The van der Waals surface area contributed by atoms with Crippen molar-refractivity contribution in [2.75, 3.05) is 38.1 Å².